The average Bonchev–Trinajstić information content (AvgIpc) is 3.45. The second kappa shape index (κ2) is 13.1. The van der Waals surface area contributed by atoms with Crippen LogP contribution >= 0.6 is 11.6 Å². The van der Waals surface area contributed by atoms with Gasteiger partial charge in [-0.15, -0.1) is 0 Å². The monoisotopic (exact) mass is 675 g/mol. The molecule has 2 heterocycles. The van der Waals surface area contributed by atoms with Gasteiger partial charge in [0.05, 0.1) is 11.7 Å². The Kier molecular flexibility index (Phi) is 8.67. The number of Topliss-reactive ketones (excluding diaryl/α,β-unsaturated/α-hetero) is 1. The van der Waals surface area contributed by atoms with Gasteiger partial charge in [-0.25, -0.2) is 0 Å². The van der Waals surface area contributed by atoms with Gasteiger partial charge in [-0.3, -0.25) is 19.3 Å². The van der Waals surface area contributed by atoms with E-state index in [0.29, 0.717) is 65.1 Å². The molecule has 49 heavy (non-hydrogen) atoms. The zero-order valence-electron chi connectivity index (χ0n) is 27.5. The van der Waals surface area contributed by atoms with Gasteiger partial charge < -0.3 is 20.1 Å². The van der Waals surface area contributed by atoms with Crippen LogP contribution in [0.25, 0.3) is 0 Å². The summed E-state index contributed by atoms with van der Waals surface area (Å²) in [6.07, 6.45) is 0.683. The van der Waals surface area contributed by atoms with E-state index in [4.69, 9.17) is 16.3 Å². The Bertz CT molecular complexity index is 1960. The number of phenols is 1. The maximum absolute atomic E-state index is 14.5. The van der Waals surface area contributed by atoms with Crippen LogP contribution in [0.4, 0.5) is 11.4 Å². The van der Waals surface area contributed by atoms with Crippen molar-refractivity contribution in [2.24, 2.45) is 5.41 Å². The molecular weight excluding hydrogens is 638 g/mol. The number of nitrogens with zero attached hydrogens (tertiary/aromatic N) is 2. The molecule has 0 fully saturated rings. The molecule has 0 saturated heterocycles. The van der Waals surface area contributed by atoms with Crippen molar-refractivity contribution < 1.29 is 24.2 Å². The smallest absolute Gasteiger partial charge is 0.228 e. The Morgan fingerprint density at radius 1 is 0.898 bits per heavy atom. The van der Waals surface area contributed by atoms with Gasteiger partial charge in [0.15, 0.2) is 5.78 Å². The summed E-state index contributed by atoms with van der Waals surface area (Å²) in [5.74, 6) is -0.114. The third-order valence-electron chi connectivity index (χ3n) is 9.54. The summed E-state index contributed by atoms with van der Waals surface area (Å²) in [6.45, 7) is 5.41. The molecule has 1 unspecified atom stereocenters. The highest BCUT2D eigenvalue weighted by Gasteiger charge is 2.44. The van der Waals surface area contributed by atoms with E-state index in [1.807, 2.05) is 68.4 Å². The number of nitrogens with one attached hydrogen (secondary N) is 1. The highest BCUT2D eigenvalue weighted by atomic mass is 35.5. The Morgan fingerprint density at radius 2 is 1.59 bits per heavy atom. The van der Waals surface area contributed by atoms with Gasteiger partial charge in [-0.2, -0.15) is 0 Å². The predicted molar refractivity (Wildman–Crippen MR) is 189 cm³/mol. The number of carbonyl (C=O) groups is 3. The molecule has 4 aromatic carbocycles. The zero-order chi connectivity index (χ0) is 34.3. The third-order valence-corrected chi connectivity index (χ3v) is 9.86. The van der Waals surface area contributed by atoms with Gasteiger partial charge in [0.2, 0.25) is 11.8 Å². The predicted octanol–water partition coefficient (Wildman–Crippen LogP) is 8.09. The number of ketones is 1. The minimum atomic E-state index is -0.913. The average molecular weight is 676 g/mol. The fourth-order valence-electron chi connectivity index (χ4n) is 7.17. The number of hydrogen-bond donors (Lipinski definition) is 2. The van der Waals surface area contributed by atoms with Gasteiger partial charge in [-0.1, -0.05) is 92.2 Å². The van der Waals surface area contributed by atoms with Gasteiger partial charge in [0, 0.05) is 48.6 Å². The minimum Gasteiger partial charge on any atom is -0.506 e. The number of anilines is 2. The first kappa shape index (κ1) is 32.5. The molecule has 2 aliphatic heterocycles. The SMILES string of the molecule is CC1(C)CC(=O)C2=C(C1)Nc1c(O)cccc1N(C(=O)CCC(=O)N1Cc3ccccc3C1)C2c1ccc(OCc2ccccc2)cc1Cl. The molecule has 0 bridgehead atoms. The summed E-state index contributed by atoms with van der Waals surface area (Å²) in [6, 6.07) is 27.1. The number of amides is 2. The third kappa shape index (κ3) is 6.53. The van der Waals surface area contributed by atoms with E-state index < -0.39 is 6.04 Å². The van der Waals surface area contributed by atoms with Crippen LogP contribution < -0.4 is 15.0 Å². The lowest BCUT2D eigenvalue weighted by Gasteiger charge is -2.37. The number of hydrogen-bond acceptors (Lipinski definition) is 6. The van der Waals surface area contributed by atoms with Gasteiger partial charge in [-0.05, 0) is 58.4 Å². The maximum Gasteiger partial charge on any atom is 0.228 e. The summed E-state index contributed by atoms with van der Waals surface area (Å²) < 4.78 is 6.05. The normalized spacial score (nSPS) is 17.9. The van der Waals surface area contributed by atoms with Gasteiger partial charge in [0.1, 0.15) is 23.8 Å². The Morgan fingerprint density at radius 3 is 2.31 bits per heavy atom. The maximum atomic E-state index is 14.5. The summed E-state index contributed by atoms with van der Waals surface area (Å²) in [5.41, 5.74) is 5.19. The van der Waals surface area contributed by atoms with Gasteiger partial charge >= 0.3 is 0 Å². The first-order valence-electron chi connectivity index (χ1n) is 16.6. The van der Waals surface area contributed by atoms with Crippen LogP contribution in [-0.2, 0) is 34.1 Å². The molecule has 8 nitrogen and oxygen atoms in total. The van der Waals surface area contributed by atoms with Crippen molar-refractivity contribution in [3.8, 4) is 11.5 Å². The fourth-order valence-corrected chi connectivity index (χ4v) is 7.45. The molecule has 0 radical (unpaired) electrons. The number of fused-ring (bicyclic) bond motifs is 2. The molecule has 2 amide bonds. The van der Waals surface area contributed by atoms with Crippen LogP contribution in [0.5, 0.6) is 11.5 Å². The molecule has 1 atom stereocenters. The van der Waals surface area contributed by atoms with Crippen LogP contribution in [0.15, 0.2) is 102 Å². The molecular formula is C40H38ClN3O5. The van der Waals surface area contributed by atoms with E-state index in [0.717, 1.165) is 16.7 Å². The number of ether oxygens (including phenoxy) is 1. The van der Waals surface area contributed by atoms with Crippen LogP contribution in [0.2, 0.25) is 5.02 Å². The number of rotatable bonds is 7. The Hall–Kier alpha value is -5.08. The van der Waals surface area contributed by atoms with Crippen LogP contribution in [-0.4, -0.2) is 27.6 Å². The lowest BCUT2D eigenvalue weighted by atomic mass is 9.73. The number of phenolic OH excluding ortho intramolecular Hbond substituents is 1. The van der Waals surface area contributed by atoms with Crippen molar-refractivity contribution in [2.45, 2.75) is 65.3 Å². The molecule has 9 heteroatoms. The van der Waals surface area contributed by atoms with Crippen molar-refractivity contribution in [3.05, 3.63) is 130 Å². The summed E-state index contributed by atoms with van der Waals surface area (Å²) in [7, 11) is 0. The number of aromatic hydroxyl groups is 1. The Labute approximate surface area is 290 Å². The van der Waals surface area contributed by atoms with E-state index in [-0.39, 0.29) is 48.0 Å². The first-order chi connectivity index (χ1) is 23.6. The van der Waals surface area contributed by atoms with Crippen LogP contribution in [0.3, 0.4) is 0 Å². The lowest BCUT2D eigenvalue weighted by Crippen LogP contribution is -2.40. The Balaban J connectivity index is 1.26. The molecule has 0 spiro atoms. The van der Waals surface area contributed by atoms with Crippen molar-refractivity contribution in [1.82, 2.24) is 4.90 Å². The molecule has 3 aliphatic rings. The lowest BCUT2D eigenvalue weighted by molar-refractivity contribution is -0.133. The number of carbonyl (C=O) groups excluding carboxylic acids is 3. The number of allylic oxidation sites excluding steroid dienone is 1. The first-order valence-corrected chi connectivity index (χ1v) is 16.9. The molecule has 0 saturated carbocycles. The van der Waals surface area contributed by atoms with Gasteiger partial charge in [0.25, 0.3) is 0 Å². The van der Waals surface area contributed by atoms with E-state index in [1.165, 1.54) is 0 Å². The van der Waals surface area contributed by atoms with Crippen molar-refractivity contribution in [1.29, 1.82) is 0 Å². The summed E-state index contributed by atoms with van der Waals surface area (Å²) in [5, 5.41) is 14.8. The fraction of sp³-hybridized carbons (Fsp3) is 0.275. The quantitative estimate of drug-likeness (QED) is 0.192. The van der Waals surface area contributed by atoms with Crippen molar-refractivity contribution >= 4 is 40.6 Å². The molecule has 2 N–H and O–H groups in total. The van der Waals surface area contributed by atoms with E-state index in [2.05, 4.69) is 5.32 Å². The van der Waals surface area contributed by atoms with Crippen molar-refractivity contribution in [2.75, 3.05) is 10.2 Å². The highest BCUT2D eigenvalue weighted by Crippen LogP contribution is 2.51. The standard InChI is InChI=1S/C40H38ClN3O5/c1-40(2)20-31-37(34(46)21-40)39(29-16-15-28(19-30(29)41)49-24-25-9-4-3-5-10-25)44(32-13-8-14-33(45)38(32)42-31)36(48)18-17-35(47)43-22-26-11-6-7-12-27(26)23-43/h3-16,19,39,42,45H,17-18,20-24H2,1-2H3. The zero-order valence-corrected chi connectivity index (χ0v) is 28.3. The number of para-hydroxylation sites is 1. The molecule has 250 valence electrons. The second-order valence-electron chi connectivity index (χ2n) is 13.8. The minimum absolute atomic E-state index is 0.00943. The van der Waals surface area contributed by atoms with E-state index >= 15 is 0 Å². The van der Waals surface area contributed by atoms with Crippen molar-refractivity contribution in [3.63, 3.8) is 0 Å². The van der Waals surface area contributed by atoms with Crippen LogP contribution in [0.1, 0.15) is 67.8 Å². The summed E-state index contributed by atoms with van der Waals surface area (Å²) >= 11 is 7.04. The number of halogens is 1. The topological polar surface area (TPSA) is 99.2 Å². The summed E-state index contributed by atoms with van der Waals surface area (Å²) in [4.78, 5) is 45.4. The highest BCUT2D eigenvalue weighted by molar-refractivity contribution is 6.31. The number of benzene rings is 4. The molecule has 7 rings (SSSR count). The molecule has 1 aliphatic carbocycles. The van der Waals surface area contributed by atoms with E-state index in [9.17, 15) is 19.5 Å². The largest absolute Gasteiger partial charge is 0.506 e. The molecule has 4 aromatic rings. The van der Waals surface area contributed by atoms with Crippen LogP contribution in [0, 0.1) is 5.41 Å². The second-order valence-corrected chi connectivity index (χ2v) is 14.2. The molecule has 0 aromatic heterocycles. The van der Waals surface area contributed by atoms with E-state index in [1.54, 1.807) is 46.2 Å².